The smallest absolute Gasteiger partial charge is 0.553 e. The fourth-order valence-corrected chi connectivity index (χ4v) is 2.75. The minimum absolute atomic E-state index is 0. The van der Waals surface area contributed by atoms with Crippen LogP contribution in [0.25, 0.3) is 11.0 Å². The zero-order valence-corrected chi connectivity index (χ0v) is 17.6. The molecule has 0 fully saturated rings. The number of aromatic nitrogens is 2. The summed E-state index contributed by atoms with van der Waals surface area (Å²) in [5, 5.41) is 14.2. The Bertz CT molecular complexity index is 1080. The SMILES string of the molecule is [CH2-]N(c1ccc(Nc2ccccc2[N+](=O)[O-])cc1)c1nc2ccccc2[n-]1.[W+2]. The molecular formula is C20H15N5O2W. The Morgan fingerprint density at radius 1 is 1.00 bits per heavy atom. The maximum absolute atomic E-state index is 11.1. The molecule has 0 atom stereocenters. The summed E-state index contributed by atoms with van der Waals surface area (Å²) in [6.07, 6.45) is 0. The van der Waals surface area contributed by atoms with Gasteiger partial charge < -0.3 is 27.2 Å². The number of para-hydroxylation sites is 4. The molecular weight excluding hydrogens is 526 g/mol. The zero-order chi connectivity index (χ0) is 18.8. The molecule has 138 valence electrons. The third-order valence-electron chi connectivity index (χ3n) is 4.12. The molecule has 4 rings (SSSR count). The van der Waals surface area contributed by atoms with Gasteiger partial charge in [0, 0.05) is 22.8 Å². The average Bonchev–Trinajstić information content (AvgIpc) is 3.12. The molecule has 8 heteroatoms. The minimum atomic E-state index is -0.411. The monoisotopic (exact) mass is 541 g/mol. The average molecular weight is 541 g/mol. The fraction of sp³-hybridized carbons (Fsp3) is 0. The predicted octanol–water partition coefficient (Wildman–Crippen LogP) is 4.77. The van der Waals surface area contributed by atoms with E-state index in [0.717, 1.165) is 22.4 Å². The van der Waals surface area contributed by atoms with Crippen molar-refractivity contribution in [2.75, 3.05) is 10.2 Å². The Hall–Kier alpha value is -3.18. The van der Waals surface area contributed by atoms with Gasteiger partial charge in [0.25, 0.3) is 5.69 Å². The van der Waals surface area contributed by atoms with Gasteiger partial charge in [-0.3, -0.25) is 10.1 Å². The fourth-order valence-electron chi connectivity index (χ4n) is 2.75. The summed E-state index contributed by atoms with van der Waals surface area (Å²) < 4.78 is 0. The third-order valence-corrected chi connectivity index (χ3v) is 4.12. The molecule has 1 heterocycles. The van der Waals surface area contributed by atoms with Gasteiger partial charge in [-0.1, -0.05) is 48.5 Å². The van der Waals surface area contributed by atoms with E-state index in [-0.39, 0.29) is 26.8 Å². The van der Waals surface area contributed by atoms with E-state index in [2.05, 4.69) is 22.3 Å². The van der Waals surface area contributed by atoms with Gasteiger partial charge in [-0.15, -0.1) is 0 Å². The van der Waals surface area contributed by atoms with Gasteiger partial charge in [0.05, 0.1) is 4.92 Å². The maximum Gasteiger partial charge on any atom is 2.00 e. The topological polar surface area (TPSA) is 85.4 Å². The van der Waals surface area contributed by atoms with Crippen LogP contribution in [0.4, 0.5) is 28.7 Å². The van der Waals surface area contributed by atoms with Crippen LogP contribution in [0, 0.1) is 17.2 Å². The molecule has 0 saturated carbocycles. The van der Waals surface area contributed by atoms with Crippen LogP contribution in [0.1, 0.15) is 0 Å². The molecule has 1 N–H and O–H groups in total. The molecule has 0 radical (unpaired) electrons. The van der Waals surface area contributed by atoms with E-state index >= 15 is 0 Å². The summed E-state index contributed by atoms with van der Waals surface area (Å²) in [4.78, 5) is 21.3. The molecule has 0 saturated heterocycles. The summed E-state index contributed by atoms with van der Waals surface area (Å²) in [6.45, 7) is 0. The van der Waals surface area contributed by atoms with E-state index in [0.29, 0.717) is 11.6 Å². The second-order valence-corrected chi connectivity index (χ2v) is 5.89. The summed E-state index contributed by atoms with van der Waals surface area (Å²) in [6, 6.07) is 21.5. The largest absolute Gasteiger partial charge is 2.00 e. The van der Waals surface area contributed by atoms with Gasteiger partial charge in [-0.05, 0) is 29.8 Å². The van der Waals surface area contributed by atoms with Crippen LogP contribution < -0.4 is 15.2 Å². The molecule has 0 aliphatic rings. The summed E-state index contributed by atoms with van der Waals surface area (Å²) in [7, 11) is 4.02. The molecule has 0 aliphatic heterocycles. The van der Waals surface area contributed by atoms with Crippen molar-refractivity contribution >= 4 is 39.7 Å². The number of nitro groups is 1. The Balaban J connectivity index is 0.00000225. The zero-order valence-electron chi connectivity index (χ0n) is 14.6. The quantitative estimate of drug-likeness (QED) is 0.223. The standard InChI is InChI=1S/C20H15N5O2.W/c1-24(20-22-16-6-2-3-7-17(16)23-20)15-12-10-14(11-13-15)21-18-8-4-5-9-19(18)25(26)27;/h2-13,21H,1H2;/q-2;+2. The molecule has 0 bridgehead atoms. The number of anilines is 4. The maximum atomic E-state index is 11.1. The van der Waals surface area contributed by atoms with Crippen LogP contribution in [0.3, 0.4) is 0 Å². The van der Waals surface area contributed by atoms with Crippen LogP contribution in [0.2, 0.25) is 0 Å². The number of benzene rings is 3. The number of nitro benzene ring substituents is 1. The van der Waals surface area contributed by atoms with E-state index in [1.165, 1.54) is 6.07 Å². The van der Waals surface area contributed by atoms with E-state index in [4.69, 9.17) is 0 Å². The van der Waals surface area contributed by atoms with Crippen molar-refractivity contribution < 1.29 is 26.0 Å². The summed E-state index contributed by atoms with van der Waals surface area (Å²) in [5.74, 6) is 0.510. The molecule has 0 amide bonds. The number of imidazole rings is 1. The number of nitrogens with one attached hydrogen (secondary N) is 1. The molecule has 1 aromatic heterocycles. The van der Waals surface area contributed by atoms with Crippen LogP contribution >= 0.6 is 0 Å². The Kier molecular flexibility index (Phi) is 5.75. The van der Waals surface area contributed by atoms with Crippen molar-refractivity contribution in [2.45, 2.75) is 0 Å². The van der Waals surface area contributed by atoms with E-state index < -0.39 is 4.92 Å². The third kappa shape index (κ3) is 3.89. The number of fused-ring (bicyclic) bond motifs is 1. The Morgan fingerprint density at radius 2 is 1.68 bits per heavy atom. The number of hydrogen-bond donors (Lipinski definition) is 1. The Labute approximate surface area is 175 Å². The molecule has 0 spiro atoms. The minimum Gasteiger partial charge on any atom is -0.553 e. The molecule has 7 nitrogen and oxygen atoms in total. The molecule has 28 heavy (non-hydrogen) atoms. The van der Waals surface area contributed by atoms with Gasteiger partial charge in [-0.25, -0.2) is 0 Å². The number of nitrogens with zero attached hydrogens (tertiary/aromatic N) is 4. The van der Waals surface area contributed by atoms with Gasteiger partial charge in [0.1, 0.15) is 5.69 Å². The van der Waals surface area contributed by atoms with Crippen molar-refractivity contribution in [3.63, 3.8) is 0 Å². The van der Waals surface area contributed by atoms with Gasteiger partial charge in [-0.2, -0.15) is 0 Å². The van der Waals surface area contributed by atoms with Crippen molar-refractivity contribution in [1.82, 2.24) is 9.97 Å². The van der Waals surface area contributed by atoms with E-state index in [1.54, 1.807) is 23.1 Å². The first kappa shape index (κ1) is 19.6. The number of hydrogen-bond acceptors (Lipinski definition) is 5. The van der Waals surface area contributed by atoms with Crippen molar-refractivity contribution in [3.05, 3.63) is 90.0 Å². The van der Waals surface area contributed by atoms with Crippen LogP contribution in [0.15, 0.2) is 72.8 Å². The summed E-state index contributed by atoms with van der Waals surface area (Å²) in [5.41, 5.74) is 3.63. The van der Waals surface area contributed by atoms with Gasteiger partial charge in [0.2, 0.25) is 0 Å². The predicted molar refractivity (Wildman–Crippen MR) is 105 cm³/mol. The van der Waals surface area contributed by atoms with Gasteiger partial charge in [0.15, 0.2) is 0 Å². The first-order valence-corrected chi connectivity index (χ1v) is 8.22. The van der Waals surface area contributed by atoms with E-state index in [9.17, 15) is 10.1 Å². The first-order chi connectivity index (χ1) is 13.1. The van der Waals surface area contributed by atoms with Gasteiger partial charge >= 0.3 is 21.1 Å². The molecule has 0 aliphatic carbocycles. The summed E-state index contributed by atoms with van der Waals surface area (Å²) >= 11 is 0. The van der Waals surface area contributed by atoms with Crippen LogP contribution in [-0.4, -0.2) is 9.91 Å². The van der Waals surface area contributed by atoms with E-state index in [1.807, 2.05) is 48.5 Å². The second kappa shape index (κ2) is 8.23. The van der Waals surface area contributed by atoms with Crippen molar-refractivity contribution in [1.29, 1.82) is 0 Å². The first-order valence-electron chi connectivity index (χ1n) is 8.22. The Morgan fingerprint density at radius 3 is 2.39 bits per heavy atom. The second-order valence-electron chi connectivity index (χ2n) is 5.89. The normalized spacial score (nSPS) is 10.3. The molecule has 0 unspecified atom stereocenters. The molecule has 3 aromatic carbocycles. The number of rotatable bonds is 5. The van der Waals surface area contributed by atoms with Crippen LogP contribution in [0.5, 0.6) is 0 Å². The van der Waals surface area contributed by atoms with Crippen molar-refractivity contribution in [2.24, 2.45) is 0 Å². The van der Waals surface area contributed by atoms with Crippen LogP contribution in [-0.2, 0) is 21.1 Å². The molecule has 4 aromatic rings. The van der Waals surface area contributed by atoms with Crippen molar-refractivity contribution in [3.8, 4) is 0 Å².